The highest BCUT2D eigenvalue weighted by atomic mass is 35.5. The molecule has 1 aliphatic heterocycles. The third kappa shape index (κ3) is 5.59. The standard InChI is InChI=1S/C20H25ClN4OS/c1-3-14(2)22-19(26)16-8-6-7-15(11-16)13-27-20-23-17(21)12-18(24-20)25-9-4-5-10-25/h6-8,11-12,14H,3-5,9-10,13H2,1-2H3,(H,22,26)/t14-/m1/s1. The van der Waals surface area contributed by atoms with Gasteiger partial charge in [0.15, 0.2) is 5.16 Å². The van der Waals surface area contributed by atoms with Crippen molar-refractivity contribution in [1.29, 1.82) is 0 Å². The second-order valence-electron chi connectivity index (χ2n) is 6.80. The van der Waals surface area contributed by atoms with Gasteiger partial charge in [-0.1, -0.05) is 42.4 Å². The fourth-order valence-electron chi connectivity index (χ4n) is 2.92. The van der Waals surface area contributed by atoms with Crippen LogP contribution >= 0.6 is 23.4 Å². The Hall–Kier alpha value is -1.79. The molecule has 0 aliphatic carbocycles. The molecular weight excluding hydrogens is 380 g/mol. The van der Waals surface area contributed by atoms with Crippen molar-refractivity contribution in [2.45, 2.75) is 50.1 Å². The topological polar surface area (TPSA) is 58.1 Å². The van der Waals surface area contributed by atoms with Gasteiger partial charge in [0.05, 0.1) is 0 Å². The van der Waals surface area contributed by atoms with Gasteiger partial charge in [-0.05, 0) is 43.9 Å². The number of aromatic nitrogens is 2. The number of nitrogens with zero attached hydrogens (tertiary/aromatic N) is 3. The van der Waals surface area contributed by atoms with Crippen LogP contribution in [0.3, 0.4) is 0 Å². The van der Waals surface area contributed by atoms with Crippen molar-refractivity contribution in [3.05, 3.63) is 46.6 Å². The Kier molecular flexibility index (Phi) is 6.96. The SMILES string of the molecule is CC[C@@H](C)NC(=O)c1cccc(CSc2nc(Cl)cc(N3CCCC3)n2)c1. The van der Waals surface area contributed by atoms with E-state index >= 15 is 0 Å². The van der Waals surface area contributed by atoms with Gasteiger partial charge in [0.1, 0.15) is 11.0 Å². The molecule has 1 saturated heterocycles. The predicted octanol–water partition coefficient (Wildman–Crippen LogP) is 4.55. The molecule has 7 heteroatoms. The molecule has 0 saturated carbocycles. The van der Waals surface area contributed by atoms with E-state index in [1.54, 1.807) is 0 Å². The lowest BCUT2D eigenvalue weighted by atomic mass is 10.1. The fraction of sp³-hybridized carbons (Fsp3) is 0.450. The Bertz CT molecular complexity index is 795. The van der Waals surface area contributed by atoms with Crippen molar-refractivity contribution >= 4 is 35.1 Å². The first kappa shape index (κ1) is 20.0. The average Bonchev–Trinajstić information content (AvgIpc) is 3.21. The number of hydrogen-bond donors (Lipinski definition) is 1. The fourth-order valence-corrected chi connectivity index (χ4v) is 3.94. The minimum atomic E-state index is -0.0356. The minimum absolute atomic E-state index is 0.0356. The molecule has 1 N–H and O–H groups in total. The molecule has 2 aromatic rings. The summed E-state index contributed by atoms with van der Waals surface area (Å²) in [5.41, 5.74) is 1.74. The number of carbonyl (C=O) groups is 1. The summed E-state index contributed by atoms with van der Waals surface area (Å²) in [6, 6.07) is 9.69. The zero-order chi connectivity index (χ0) is 19.2. The van der Waals surface area contributed by atoms with Crippen LogP contribution in [0.15, 0.2) is 35.5 Å². The number of thioether (sulfide) groups is 1. The Morgan fingerprint density at radius 1 is 1.30 bits per heavy atom. The summed E-state index contributed by atoms with van der Waals surface area (Å²) in [6.45, 7) is 6.10. The third-order valence-electron chi connectivity index (χ3n) is 4.64. The maximum Gasteiger partial charge on any atom is 0.251 e. The highest BCUT2D eigenvalue weighted by Crippen LogP contribution is 2.26. The van der Waals surface area contributed by atoms with E-state index in [4.69, 9.17) is 11.6 Å². The van der Waals surface area contributed by atoms with E-state index in [9.17, 15) is 4.79 Å². The summed E-state index contributed by atoms with van der Waals surface area (Å²) < 4.78 is 0. The first-order valence-corrected chi connectivity index (χ1v) is 10.7. The van der Waals surface area contributed by atoms with Gasteiger partial charge in [-0.15, -0.1) is 0 Å². The molecular formula is C20H25ClN4OS. The number of benzene rings is 1. The lowest BCUT2D eigenvalue weighted by molar-refractivity contribution is 0.0939. The third-order valence-corrected chi connectivity index (χ3v) is 5.75. The molecule has 1 aliphatic rings. The van der Waals surface area contributed by atoms with Crippen molar-refractivity contribution in [2.75, 3.05) is 18.0 Å². The van der Waals surface area contributed by atoms with E-state index in [-0.39, 0.29) is 11.9 Å². The van der Waals surface area contributed by atoms with Crippen molar-refractivity contribution in [3.63, 3.8) is 0 Å². The van der Waals surface area contributed by atoms with E-state index in [0.717, 1.165) is 30.9 Å². The molecule has 1 amide bonds. The maximum absolute atomic E-state index is 12.3. The van der Waals surface area contributed by atoms with Crippen LogP contribution in [-0.4, -0.2) is 35.0 Å². The zero-order valence-electron chi connectivity index (χ0n) is 15.7. The van der Waals surface area contributed by atoms with E-state index in [2.05, 4.69) is 27.1 Å². The minimum Gasteiger partial charge on any atom is -0.356 e. The van der Waals surface area contributed by atoms with Crippen LogP contribution in [-0.2, 0) is 5.75 Å². The number of anilines is 1. The normalized spacial score (nSPS) is 15.0. The number of nitrogens with one attached hydrogen (secondary N) is 1. The van der Waals surface area contributed by atoms with Crippen LogP contribution in [0.4, 0.5) is 5.82 Å². The Morgan fingerprint density at radius 2 is 2.07 bits per heavy atom. The molecule has 5 nitrogen and oxygen atoms in total. The van der Waals surface area contributed by atoms with Gasteiger partial charge >= 0.3 is 0 Å². The van der Waals surface area contributed by atoms with Crippen LogP contribution in [0, 0.1) is 0 Å². The monoisotopic (exact) mass is 404 g/mol. The van der Waals surface area contributed by atoms with Gasteiger partial charge in [-0.3, -0.25) is 4.79 Å². The van der Waals surface area contributed by atoms with E-state index in [1.165, 1.54) is 24.6 Å². The molecule has 2 heterocycles. The zero-order valence-corrected chi connectivity index (χ0v) is 17.3. The maximum atomic E-state index is 12.3. The van der Waals surface area contributed by atoms with Gasteiger partial charge in [0.2, 0.25) is 0 Å². The number of carbonyl (C=O) groups excluding carboxylic acids is 1. The second-order valence-corrected chi connectivity index (χ2v) is 8.13. The largest absolute Gasteiger partial charge is 0.356 e. The lowest BCUT2D eigenvalue weighted by Gasteiger charge is -2.16. The van der Waals surface area contributed by atoms with E-state index in [1.807, 2.05) is 37.3 Å². The van der Waals surface area contributed by atoms with Crippen LogP contribution in [0.25, 0.3) is 0 Å². The molecule has 0 radical (unpaired) electrons. The molecule has 1 fully saturated rings. The number of rotatable bonds is 7. The lowest BCUT2D eigenvalue weighted by Crippen LogP contribution is -2.31. The van der Waals surface area contributed by atoms with Gasteiger partial charge < -0.3 is 10.2 Å². The van der Waals surface area contributed by atoms with Crippen molar-refractivity contribution in [3.8, 4) is 0 Å². The second kappa shape index (κ2) is 9.42. The van der Waals surface area contributed by atoms with Crippen molar-refractivity contribution in [1.82, 2.24) is 15.3 Å². The number of halogens is 1. The van der Waals surface area contributed by atoms with Gasteiger partial charge in [0.25, 0.3) is 5.91 Å². The van der Waals surface area contributed by atoms with Crippen LogP contribution in [0.2, 0.25) is 5.15 Å². The van der Waals surface area contributed by atoms with Crippen molar-refractivity contribution < 1.29 is 4.79 Å². The molecule has 1 aromatic heterocycles. The highest BCUT2D eigenvalue weighted by molar-refractivity contribution is 7.98. The summed E-state index contributed by atoms with van der Waals surface area (Å²) in [7, 11) is 0. The Morgan fingerprint density at radius 3 is 2.81 bits per heavy atom. The smallest absolute Gasteiger partial charge is 0.251 e. The van der Waals surface area contributed by atoms with Crippen molar-refractivity contribution in [2.24, 2.45) is 0 Å². The first-order valence-electron chi connectivity index (χ1n) is 9.37. The summed E-state index contributed by atoms with van der Waals surface area (Å²) in [5, 5.41) is 4.13. The summed E-state index contributed by atoms with van der Waals surface area (Å²) >= 11 is 7.73. The first-order chi connectivity index (χ1) is 13.0. The quantitative estimate of drug-likeness (QED) is 0.416. The summed E-state index contributed by atoms with van der Waals surface area (Å²) in [4.78, 5) is 23.6. The van der Waals surface area contributed by atoms with Crippen LogP contribution < -0.4 is 10.2 Å². The van der Waals surface area contributed by atoms with Gasteiger partial charge in [-0.25, -0.2) is 9.97 Å². The summed E-state index contributed by atoms with van der Waals surface area (Å²) in [5.74, 6) is 1.55. The molecule has 1 aromatic carbocycles. The summed E-state index contributed by atoms with van der Waals surface area (Å²) in [6.07, 6.45) is 3.29. The Labute approximate surface area is 169 Å². The highest BCUT2D eigenvalue weighted by Gasteiger charge is 2.16. The van der Waals surface area contributed by atoms with Gasteiger partial charge in [-0.2, -0.15) is 0 Å². The van der Waals surface area contributed by atoms with E-state index < -0.39 is 0 Å². The van der Waals surface area contributed by atoms with E-state index in [0.29, 0.717) is 21.6 Å². The molecule has 0 bridgehead atoms. The van der Waals surface area contributed by atoms with Crippen LogP contribution in [0.1, 0.15) is 49.0 Å². The molecule has 3 rings (SSSR count). The Balaban J connectivity index is 1.66. The molecule has 1 atom stereocenters. The molecule has 0 unspecified atom stereocenters. The number of amides is 1. The number of hydrogen-bond acceptors (Lipinski definition) is 5. The predicted molar refractivity (Wildman–Crippen MR) is 112 cm³/mol. The molecule has 144 valence electrons. The molecule has 27 heavy (non-hydrogen) atoms. The van der Waals surface area contributed by atoms with Crippen LogP contribution in [0.5, 0.6) is 0 Å². The molecule has 0 spiro atoms. The average molecular weight is 405 g/mol. The van der Waals surface area contributed by atoms with Gasteiger partial charge in [0, 0.05) is 36.5 Å².